The maximum absolute atomic E-state index is 10.6. The van der Waals surface area contributed by atoms with Crippen LogP contribution in [0, 0.1) is 6.92 Å². The van der Waals surface area contributed by atoms with Gasteiger partial charge in [-0.3, -0.25) is 0 Å². The summed E-state index contributed by atoms with van der Waals surface area (Å²) in [6.07, 6.45) is 3.53. The zero-order valence-corrected chi connectivity index (χ0v) is 9.36. The lowest BCUT2D eigenvalue weighted by molar-refractivity contribution is 0.443. The number of hydrogen-bond donors (Lipinski definition) is 0. The Balaban J connectivity index is 2.40. The molecule has 0 aliphatic carbocycles. The van der Waals surface area contributed by atoms with E-state index in [0.29, 0.717) is 0 Å². The van der Waals surface area contributed by atoms with Gasteiger partial charge in [0.25, 0.3) is 0 Å². The molecule has 2 nitrogen and oxygen atoms in total. The first kappa shape index (κ1) is 9.88. The van der Waals surface area contributed by atoms with E-state index >= 15 is 0 Å². The van der Waals surface area contributed by atoms with Crippen LogP contribution >= 0.6 is 0 Å². The van der Waals surface area contributed by atoms with Gasteiger partial charge >= 0.3 is 0 Å². The molecule has 0 bridgehead atoms. The molecule has 0 saturated heterocycles. The van der Waals surface area contributed by atoms with Crippen molar-refractivity contribution < 1.29 is 9.53 Å². The van der Waals surface area contributed by atoms with Gasteiger partial charge in [0.15, 0.2) is 5.94 Å². The highest BCUT2D eigenvalue weighted by Crippen LogP contribution is 2.36. The summed E-state index contributed by atoms with van der Waals surface area (Å²) in [7, 11) is 0. The second-order valence-corrected chi connectivity index (χ2v) is 4.06. The van der Waals surface area contributed by atoms with Gasteiger partial charge in [-0.05, 0) is 36.1 Å². The number of benzene rings is 2. The van der Waals surface area contributed by atoms with Crippen molar-refractivity contribution in [1.82, 2.24) is 0 Å². The third kappa shape index (κ3) is 1.47. The van der Waals surface area contributed by atoms with Crippen molar-refractivity contribution in [1.29, 1.82) is 0 Å². The van der Waals surface area contributed by atoms with Crippen LogP contribution in [0.3, 0.4) is 0 Å². The van der Waals surface area contributed by atoms with Gasteiger partial charge < -0.3 is 4.74 Å². The van der Waals surface area contributed by atoms with E-state index in [2.05, 4.69) is 19.1 Å². The van der Waals surface area contributed by atoms with Crippen LogP contribution in [0.15, 0.2) is 42.2 Å². The molecule has 17 heavy (non-hydrogen) atoms. The SMILES string of the molecule is Cc1cc2c(c3ccccc13)OC(=C=O)C=C2. The molecule has 0 fully saturated rings. The molecule has 2 aromatic carbocycles. The average Bonchev–Trinajstić information content (AvgIpc) is 2.39. The average molecular weight is 222 g/mol. The topological polar surface area (TPSA) is 26.3 Å². The van der Waals surface area contributed by atoms with E-state index in [0.717, 1.165) is 22.1 Å². The lowest BCUT2D eigenvalue weighted by atomic mass is 9.99. The van der Waals surface area contributed by atoms with Crippen LogP contribution < -0.4 is 4.74 Å². The summed E-state index contributed by atoms with van der Waals surface area (Å²) < 4.78 is 5.56. The highest BCUT2D eigenvalue weighted by Gasteiger charge is 2.14. The number of ether oxygens (including phenoxy) is 1. The van der Waals surface area contributed by atoms with Gasteiger partial charge in [-0.25, -0.2) is 4.79 Å². The van der Waals surface area contributed by atoms with Crippen LogP contribution in [0.4, 0.5) is 0 Å². The summed E-state index contributed by atoms with van der Waals surface area (Å²) in [6.45, 7) is 2.07. The van der Waals surface area contributed by atoms with Crippen molar-refractivity contribution >= 4 is 22.8 Å². The highest BCUT2D eigenvalue weighted by atomic mass is 16.5. The number of rotatable bonds is 0. The quantitative estimate of drug-likeness (QED) is 0.639. The van der Waals surface area contributed by atoms with E-state index in [1.165, 1.54) is 5.56 Å². The van der Waals surface area contributed by atoms with E-state index < -0.39 is 0 Å². The zero-order chi connectivity index (χ0) is 11.8. The summed E-state index contributed by atoms with van der Waals surface area (Å²) in [5, 5.41) is 2.17. The molecule has 1 heterocycles. The number of fused-ring (bicyclic) bond motifs is 3. The summed E-state index contributed by atoms with van der Waals surface area (Å²) in [4.78, 5) is 10.6. The monoisotopic (exact) mass is 222 g/mol. The molecule has 0 N–H and O–H groups in total. The minimum Gasteiger partial charge on any atom is -0.444 e. The van der Waals surface area contributed by atoms with Gasteiger partial charge in [-0.15, -0.1) is 0 Å². The van der Waals surface area contributed by atoms with Crippen molar-refractivity contribution in [2.75, 3.05) is 0 Å². The van der Waals surface area contributed by atoms with E-state index in [-0.39, 0.29) is 5.76 Å². The van der Waals surface area contributed by atoms with Crippen molar-refractivity contribution in [3.8, 4) is 5.75 Å². The van der Waals surface area contributed by atoms with Crippen molar-refractivity contribution in [2.24, 2.45) is 0 Å². The maximum atomic E-state index is 10.6. The summed E-state index contributed by atoms with van der Waals surface area (Å²) in [5.74, 6) is 2.75. The third-order valence-corrected chi connectivity index (χ3v) is 2.96. The Kier molecular flexibility index (Phi) is 2.10. The molecule has 0 saturated carbocycles. The molecule has 0 aromatic heterocycles. The molecule has 82 valence electrons. The molecule has 0 unspecified atom stereocenters. The summed E-state index contributed by atoms with van der Waals surface area (Å²) in [6, 6.07) is 10.1. The van der Waals surface area contributed by atoms with E-state index in [4.69, 9.17) is 4.74 Å². The molecule has 0 radical (unpaired) electrons. The van der Waals surface area contributed by atoms with Gasteiger partial charge in [-0.1, -0.05) is 24.3 Å². The van der Waals surface area contributed by atoms with E-state index in [9.17, 15) is 4.79 Å². The molecule has 1 aliphatic rings. The minimum absolute atomic E-state index is 0.228. The third-order valence-electron chi connectivity index (χ3n) is 2.96. The van der Waals surface area contributed by atoms with Crippen LogP contribution in [-0.2, 0) is 4.79 Å². The summed E-state index contributed by atoms with van der Waals surface area (Å²) in [5.41, 5.74) is 2.20. The Hall–Kier alpha value is -2.31. The molecule has 2 heteroatoms. The highest BCUT2D eigenvalue weighted by molar-refractivity contribution is 5.95. The second kappa shape index (κ2) is 3.62. The Morgan fingerprint density at radius 3 is 2.65 bits per heavy atom. The molecule has 1 aliphatic heterocycles. The number of allylic oxidation sites excluding steroid dienone is 1. The molecule has 2 aromatic rings. The van der Waals surface area contributed by atoms with Gasteiger partial charge in [0.05, 0.1) is 0 Å². The fourth-order valence-corrected chi connectivity index (χ4v) is 2.16. The Morgan fingerprint density at radius 2 is 1.88 bits per heavy atom. The largest absolute Gasteiger partial charge is 0.444 e. The predicted molar refractivity (Wildman–Crippen MR) is 67.6 cm³/mol. The maximum Gasteiger partial charge on any atom is 0.210 e. The molecular weight excluding hydrogens is 212 g/mol. The normalized spacial score (nSPS) is 13.1. The van der Waals surface area contributed by atoms with Gasteiger partial charge in [0.1, 0.15) is 5.75 Å². The standard InChI is InChI=1S/C15H10O2/c1-10-8-11-6-7-12(9-16)17-15(11)14-5-3-2-4-13(10)14/h2-8H,1H3. The molecule has 3 rings (SSSR count). The van der Waals surface area contributed by atoms with E-state index in [1.807, 2.05) is 24.3 Å². The lowest BCUT2D eigenvalue weighted by Crippen LogP contribution is -2.01. The van der Waals surface area contributed by atoms with Gasteiger partial charge in [0.2, 0.25) is 5.76 Å². The van der Waals surface area contributed by atoms with Crippen LogP contribution in [0.25, 0.3) is 16.8 Å². The van der Waals surface area contributed by atoms with Crippen molar-refractivity contribution in [3.63, 3.8) is 0 Å². The first-order valence-electron chi connectivity index (χ1n) is 5.43. The first-order chi connectivity index (χ1) is 8.29. The van der Waals surface area contributed by atoms with Crippen molar-refractivity contribution in [2.45, 2.75) is 6.92 Å². The van der Waals surface area contributed by atoms with Crippen LogP contribution in [0.5, 0.6) is 5.75 Å². The van der Waals surface area contributed by atoms with Gasteiger partial charge in [-0.2, -0.15) is 0 Å². The van der Waals surface area contributed by atoms with Crippen LogP contribution in [0.2, 0.25) is 0 Å². The molecule has 0 atom stereocenters. The smallest absolute Gasteiger partial charge is 0.210 e. The molecule has 0 amide bonds. The van der Waals surface area contributed by atoms with Gasteiger partial charge in [0, 0.05) is 10.9 Å². The number of carbonyl (C=O) groups excluding carboxylic acids is 1. The number of hydrogen-bond acceptors (Lipinski definition) is 2. The Labute approximate surface area is 98.8 Å². The van der Waals surface area contributed by atoms with E-state index in [1.54, 1.807) is 12.0 Å². The fourth-order valence-electron chi connectivity index (χ4n) is 2.16. The minimum atomic E-state index is 0.228. The molecule has 0 spiro atoms. The number of aryl methyl sites for hydroxylation is 1. The van der Waals surface area contributed by atoms with Crippen LogP contribution in [-0.4, -0.2) is 5.94 Å². The first-order valence-corrected chi connectivity index (χ1v) is 5.43. The van der Waals surface area contributed by atoms with Crippen molar-refractivity contribution in [3.05, 3.63) is 53.3 Å². The summed E-state index contributed by atoms with van der Waals surface area (Å²) >= 11 is 0. The zero-order valence-electron chi connectivity index (χ0n) is 9.36. The lowest BCUT2D eigenvalue weighted by Gasteiger charge is -2.16. The fraction of sp³-hybridized carbons (Fsp3) is 0.0667. The predicted octanol–water partition coefficient (Wildman–Crippen LogP) is 3.27. The Bertz CT molecular complexity index is 689. The Morgan fingerprint density at radius 1 is 1.12 bits per heavy atom. The molecular formula is C15H10O2. The second-order valence-electron chi connectivity index (χ2n) is 4.06. The van der Waals surface area contributed by atoms with Crippen LogP contribution in [0.1, 0.15) is 11.1 Å².